The van der Waals surface area contributed by atoms with Gasteiger partial charge in [0.15, 0.2) is 6.10 Å². The fourth-order valence-electron chi connectivity index (χ4n) is 6.39. The summed E-state index contributed by atoms with van der Waals surface area (Å²) in [6, 6.07) is 0. The molecule has 0 spiro atoms. The minimum absolute atomic E-state index is 0.106. The molecule has 6 nitrogen and oxygen atoms in total. The van der Waals surface area contributed by atoms with E-state index in [1.165, 1.54) is 51.4 Å². The molecule has 0 rings (SSSR count). The Morgan fingerprint density at radius 2 is 0.635 bits per heavy atom. The van der Waals surface area contributed by atoms with Gasteiger partial charge in [0.05, 0.1) is 0 Å². The van der Waals surface area contributed by atoms with E-state index < -0.39 is 6.10 Å². The standard InChI is InChI=1S/C57H92O6/c1-4-7-10-13-16-19-22-23-24-25-26-27-28-29-30-31-32-33-36-38-41-44-47-50-56(59)62-53-54(63-57(60)51-48-45-42-39-35-21-18-15-12-9-6-3)52-61-55(58)49-46-43-40-37-34-20-17-14-11-8-5-2/h7,10,14-19,23-24,26-27,29-30,32-33,38,41,54H,4-6,8-9,11-13,20-22,25,28,31,34-37,39-40,42-53H2,1-3H3/b10-7-,17-14-,18-15-,19-16-,24-23-,27-26-,30-29-,33-32-,41-38-. The summed E-state index contributed by atoms with van der Waals surface area (Å²) in [6.45, 7) is 6.36. The minimum atomic E-state index is -0.809. The third kappa shape index (κ3) is 49.0. The molecule has 1 unspecified atom stereocenters. The van der Waals surface area contributed by atoms with E-state index in [1.807, 2.05) is 0 Å². The van der Waals surface area contributed by atoms with Crippen molar-refractivity contribution >= 4 is 17.9 Å². The quantitative estimate of drug-likeness (QED) is 0.0263. The molecule has 0 radical (unpaired) electrons. The molecule has 63 heavy (non-hydrogen) atoms. The van der Waals surface area contributed by atoms with Crippen LogP contribution in [0.25, 0.3) is 0 Å². The van der Waals surface area contributed by atoms with Crippen molar-refractivity contribution in [3.63, 3.8) is 0 Å². The highest BCUT2D eigenvalue weighted by Crippen LogP contribution is 2.12. The molecule has 1 atom stereocenters. The van der Waals surface area contributed by atoms with Gasteiger partial charge in [-0.15, -0.1) is 0 Å². The summed E-state index contributed by atoms with van der Waals surface area (Å²) in [5.74, 6) is -0.996. The van der Waals surface area contributed by atoms with Gasteiger partial charge in [0.1, 0.15) is 13.2 Å². The summed E-state index contributed by atoms with van der Waals surface area (Å²) in [5.41, 5.74) is 0. The van der Waals surface area contributed by atoms with E-state index in [0.717, 1.165) is 116 Å². The highest BCUT2D eigenvalue weighted by atomic mass is 16.6. The van der Waals surface area contributed by atoms with Gasteiger partial charge in [0, 0.05) is 19.3 Å². The van der Waals surface area contributed by atoms with Crippen LogP contribution < -0.4 is 0 Å². The smallest absolute Gasteiger partial charge is 0.306 e. The van der Waals surface area contributed by atoms with Gasteiger partial charge in [-0.1, -0.05) is 194 Å². The van der Waals surface area contributed by atoms with Crippen molar-refractivity contribution < 1.29 is 28.6 Å². The van der Waals surface area contributed by atoms with Crippen molar-refractivity contribution in [1.29, 1.82) is 0 Å². The molecule has 356 valence electrons. The molecule has 6 heteroatoms. The second-order valence-electron chi connectivity index (χ2n) is 16.3. The Morgan fingerprint density at radius 3 is 1.05 bits per heavy atom. The van der Waals surface area contributed by atoms with Crippen LogP contribution in [0.1, 0.15) is 213 Å². The summed E-state index contributed by atoms with van der Waals surface area (Å²) >= 11 is 0. The highest BCUT2D eigenvalue weighted by Gasteiger charge is 2.19. The fourth-order valence-corrected chi connectivity index (χ4v) is 6.39. The molecule has 0 amide bonds. The Bertz CT molecular complexity index is 1330. The zero-order chi connectivity index (χ0) is 45.8. The van der Waals surface area contributed by atoms with Crippen LogP contribution in [0.4, 0.5) is 0 Å². The van der Waals surface area contributed by atoms with Gasteiger partial charge in [-0.05, 0) is 109 Å². The summed E-state index contributed by atoms with van der Waals surface area (Å²) in [7, 11) is 0. The van der Waals surface area contributed by atoms with Crippen LogP contribution in [0.2, 0.25) is 0 Å². The summed E-state index contributed by atoms with van der Waals surface area (Å²) in [4.78, 5) is 37.8. The van der Waals surface area contributed by atoms with Crippen molar-refractivity contribution in [2.75, 3.05) is 13.2 Å². The molecule has 0 aliphatic rings. The number of carbonyl (C=O) groups excluding carboxylic acids is 3. The van der Waals surface area contributed by atoms with E-state index in [4.69, 9.17) is 14.2 Å². The largest absolute Gasteiger partial charge is 0.462 e. The van der Waals surface area contributed by atoms with E-state index in [-0.39, 0.29) is 37.5 Å². The van der Waals surface area contributed by atoms with Crippen molar-refractivity contribution in [1.82, 2.24) is 0 Å². The van der Waals surface area contributed by atoms with Gasteiger partial charge in [0.2, 0.25) is 0 Å². The average Bonchev–Trinajstić information content (AvgIpc) is 3.28. The van der Waals surface area contributed by atoms with E-state index in [1.54, 1.807) is 0 Å². The van der Waals surface area contributed by atoms with Crippen molar-refractivity contribution in [2.24, 2.45) is 0 Å². The maximum atomic E-state index is 12.7. The maximum Gasteiger partial charge on any atom is 0.306 e. The number of allylic oxidation sites excluding steroid dienone is 18. The Labute approximate surface area is 387 Å². The van der Waals surface area contributed by atoms with Gasteiger partial charge >= 0.3 is 17.9 Å². The first-order chi connectivity index (χ1) is 31.0. The zero-order valence-electron chi connectivity index (χ0n) is 40.5. The number of carbonyl (C=O) groups is 3. The van der Waals surface area contributed by atoms with E-state index in [2.05, 4.69) is 130 Å². The summed E-state index contributed by atoms with van der Waals surface area (Å²) in [5, 5.41) is 0. The second kappa shape index (κ2) is 50.7. The molecule has 0 saturated heterocycles. The number of hydrogen-bond donors (Lipinski definition) is 0. The number of esters is 3. The lowest BCUT2D eigenvalue weighted by Crippen LogP contribution is -2.30. The number of hydrogen-bond acceptors (Lipinski definition) is 6. The van der Waals surface area contributed by atoms with Gasteiger partial charge in [-0.25, -0.2) is 0 Å². The van der Waals surface area contributed by atoms with Gasteiger partial charge in [-0.3, -0.25) is 14.4 Å². The van der Waals surface area contributed by atoms with Crippen LogP contribution in [0.15, 0.2) is 109 Å². The number of ether oxygens (including phenoxy) is 3. The third-order valence-electron chi connectivity index (χ3n) is 10.2. The monoisotopic (exact) mass is 873 g/mol. The highest BCUT2D eigenvalue weighted by molar-refractivity contribution is 5.71. The van der Waals surface area contributed by atoms with Crippen molar-refractivity contribution in [3.8, 4) is 0 Å². The predicted octanol–water partition coefficient (Wildman–Crippen LogP) is 16.8. The topological polar surface area (TPSA) is 78.9 Å². The first-order valence-electron chi connectivity index (χ1n) is 25.4. The van der Waals surface area contributed by atoms with Crippen LogP contribution >= 0.6 is 0 Å². The molecule has 0 aromatic rings. The number of rotatable bonds is 44. The van der Waals surface area contributed by atoms with Crippen LogP contribution in [-0.2, 0) is 28.6 Å². The normalized spacial score (nSPS) is 13.0. The summed E-state index contributed by atoms with van der Waals surface area (Å²) in [6.07, 6.45) is 68.0. The Hall–Kier alpha value is -3.93. The minimum Gasteiger partial charge on any atom is -0.462 e. The molecular formula is C57H92O6. The van der Waals surface area contributed by atoms with Crippen molar-refractivity contribution in [3.05, 3.63) is 109 Å². The molecule has 0 bridgehead atoms. The predicted molar refractivity (Wildman–Crippen MR) is 270 cm³/mol. The van der Waals surface area contributed by atoms with Crippen LogP contribution in [0.5, 0.6) is 0 Å². The van der Waals surface area contributed by atoms with Gasteiger partial charge in [-0.2, -0.15) is 0 Å². The lowest BCUT2D eigenvalue weighted by atomic mass is 10.1. The molecule has 0 aromatic carbocycles. The number of unbranched alkanes of at least 4 members (excludes halogenated alkanes) is 15. The Morgan fingerprint density at radius 1 is 0.333 bits per heavy atom. The van der Waals surface area contributed by atoms with Gasteiger partial charge in [0.25, 0.3) is 0 Å². The van der Waals surface area contributed by atoms with Crippen LogP contribution in [0, 0.1) is 0 Å². The lowest BCUT2D eigenvalue weighted by Gasteiger charge is -2.18. The van der Waals surface area contributed by atoms with E-state index in [0.29, 0.717) is 19.3 Å². The first-order valence-corrected chi connectivity index (χ1v) is 25.4. The van der Waals surface area contributed by atoms with E-state index >= 15 is 0 Å². The Balaban J connectivity index is 4.44. The average molecular weight is 873 g/mol. The molecule has 0 fully saturated rings. The second-order valence-corrected chi connectivity index (χ2v) is 16.3. The molecule has 0 aromatic heterocycles. The summed E-state index contributed by atoms with van der Waals surface area (Å²) < 4.78 is 16.7. The fraction of sp³-hybridized carbons (Fsp3) is 0.632. The zero-order valence-corrected chi connectivity index (χ0v) is 40.5. The van der Waals surface area contributed by atoms with E-state index in [9.17, 15) is 14.4 Å². The van der Waals surface area contributed by atoms with Crippen molar-refractivity contribution in [2.45, 2.75) is 219 Å². The maximum absolute atomic E-state index is 12.7. The van der Waals surface area contributed by atoms with Crippen LogP contribution in [-0.4, -0.2) is 37.2 Å². The van der Waals surface area contributed by atoms with Crippen LogP contribution in [0.3, 0.4) is 0 Å². The van der Waals surface area contributed by atoms with Gasteiger partial charge < -0.3 is 14.2 Å². The molecular weight excluding hydrogens is 781 g/mol. The molecule has 0 heterocycles. The first kappa shape index (κ1) is 59.1. The SMILES string of the molecule is CC/C=C\C/C=C\C/C=C\C/C=C\C/C=C\C/C=C\C/C=C\CCCC(=O)OCC(COC(=O)CCCCCCC/C=C\CCCC)OC(=O)CCCCCCC/C=C\CCCC. The third-order valence-corrected chi connectivity index (χ3v) is 10.2. The lowest BCUT2D eigenvalue weighted by molar-refractivity contribution is -0.167. The Kier molecular flexibility index (Phi) is 47.5. The molecule has 0 saturated carbocycles. The molecule has 0 N–H and O–H groups in total. The molecule has 0 aliphatic carbocycles. The molecule has 0 aliphatic heterocycles.